The largest absolute Gasteiger partial charge is 0.381 e. The van der Waals surface area contributed by atoms with Crippen LogP contribution >= 0.6 is 0 Å². The van der Waals surface area contributed by atoms with Crippen molar-refractivity contribution in [1.29, 1.82) is 0 Å². The summed E-state index contributed by atoms with van der Waals surface area (Å²) in [5.74, 6) is 0. The zero-order chi connectivity index (χ0) is 21.6. The molecule has 2 N–H and O–H groups in total. The van der Waals surface area contributed by atoms with Gasteiger partial charge in [-0.05, 0) is 59.5 Å². The summed E-state index contributed by atoms with van der Waals surface area (Å²) in [5.41, 5.74) is 7.72. The van der Waals surface area contributed by atoms with Crippen LogP contribution in [0.15, 0.2) is 97.1 Å². The first-order chi connectivity index (χ1) is 15.1. The van der Waals surface area contributed by atoms with Gasteiger partial charge in [0.25, 0.3) is 5.69 Å². The Morgan fingerprint density at radius 3 is 1.87 bits per heavy atom. The molecule has 154 valence electrons. The van der Waals surface area contributed by atoms with Crippen molar-refractivity contribution in [3.8, 4) is 11.1 Å². The van der Waals surface area contributed by atoms with Gasteiger partial charge in [-0.3, -0.25) is 10.1 Å². The average molecular weight is 409 g/mol. The Balaban J connectivity index is 1.38. The molecule has 0 heterocycles. The van der Waals surface area contributed by atoms with Crippen molar-refractivity contribution in [2.75, 3.05) is 10.6 Å². The highest BCUT2D eigenvalue weighted by Gasteiger charge is 2.05. The molecule has 0 aromatic heterocycles. The van der Waals surface area contributed by atoms with Crippen LogP contribution in [0.3, 0.4) is 0 Å². The molecule has 0 radical (unpaired) electrons. The summed E-state index contributed by atoms with van der Waals surface area (Å²) >= 11 is 0. The smallest absolute Gasteiger partial charge is 0.269 e. The number of nitro groups is 1. The number of nitrogens with one attached hydrogen (secondary N) is 2. The second-order valence-electron chi connectivity index (χ2n) is 7.37. The topological polar surface area (TPSA) is 67.2 Å². The number of hydrogen-bond donors (Lipinski definition) is 2. The molecule has 4 aromatic carbocycles. The number of non-ortho nitro benzene ring substituents is 1. The highest BCUT2D eigenvalue weighted by Crippen LogP contribution is 2.25. The number of para-hydroxylation sites is 1. The van der Waals surface area contributed by atoms with Gasteiger partial charge < -0.3 is 10.6 Å². The average Bonchev–Trinajstić information content (AvgIpc) is 2.80. The van der Waals surface area contributed by atoms with Crippen molar-refractivity contribution in [2.45, 2.75) is 13.5 Å². The molecule has 31 heavy (non-hydrogen) atoms. The maximum Gasteiger partial charge on any atom is 0.269 e. The van der Waals surface area contributed by atoms with E-state index in [1.807, 2.05) is 24.3 Å². The van der Waals surface area contributed by atoms with Gasteiger partial charge in [0.1, 0.15) is 0 Å². The molecule has 4 aromatic rings. The third-order valence-electron chi connectivity index (χ3n) is 5.17. The van der Waals surface area contributed by atoms with Gasteiger partial charge in [-0.2, -0.15) is 0 Å². The molecule has 0 fully saturated rings. The Hall–Kier alpha value is -4.12. The van der Waals surface area contributed by atoms with E-state index in [1.54, 1.807) is 12.1 Å². The molecular formula is C26H23N3O2. The van der Waals surface area contributed by atoms with Crippen molar-refractivity contribution >= 4 is 22.7 Å². The van der Waals surface area contributed by atoms with Gasteiger partial charge in [0.15, 0.2) is 0 Å². The molecule has 0 amide bonds. The molecule has 0 saturated carbocycles. The number of aryl methyl sites for hydroxylation is 1. The van der Waals surface area contributed by atoms with E-state index in [2.05, 4.69) is 66.1 Å². The lowest BCUT2D eigenvalue weighted by atomic mass is 10.0. The minimum Gasteiger partial charge on any atom is -0.381 e. The monoisotopic (exact) mass is 409 g/mol. The Morgan fingerprint density at radius 2 is 1.29 bits per heavy atom. The van der Waals surface area contributed by atoms with E-state index in [-0.39, 0.29) is 5.69 Å². The summed E-state index contributed by atoms with van der Waals surface area (Å²) in [4.78, 5) is 10.4. The minimum atomic E-state index is -0.400. The maximum atomic E-state index is 10.8. The Morgan fingerprint density at radius 1 is 0.742 bits per heavy atom. The highest BCUT2D eigenvalue weighted by molar-refractivity contribution is 5.69. The lowest BCUT2D eigenvalue weighted by Gasteiger charge is -2.10. The molecule has 0 aliphatic carbocycles. The van der Waals surface area contributed by atoms with E-state index < -0.39 is 4.92 Å². The van der Waals surface area contributed by atoms with Crippen LogP contribution < -0.4 is 10.6 Å². The van der Waals surface area contributed by atoms with Crippen molar-refractivity contribution in [2.24, 2.45) is 0 Å². The fourth-order valence-electron chi connectivity index (χ4n) is 3.36. The Labute approximate surface area is 181 Å². The number of benzene rings is 4. The molecular weight excluding hydrogens is 386 g/mol. The van der Waals surface area contributed by atoms with E-state index in [1.165, 1.54) is 23.3 Å². The van der Waals surface area contributed by atoms with Gasteiger partial charge in [-0.25, -0.2) is 0 Å². The van der Waals surface area contributed by atoms with Gasteiger partial charge in [0.2, 0.25) is 0 Å². The lowest BCUT2D eigenvalue weighted by molar-refractivity contribution is -0.384. The van der Waals surface area contributed by atoms with Crippen molar-refractivity contribution < 1.29 is 4.92 Å². The summed E-state index contributed by atoms with van der Waals surface area (Å²) in [6.45, 7) is 2.88. The predicted molar refractivity (Wildman–Crippen MR) is 127 cm³/mol. The molecule has 0 aliphatic rings. The molecule has 0 spiro atoms. The number of anilines is 3. The van der Waals surface area contributed by atoms with E-state index in [4.69, 9.17) is 0 Å². The van der Waals surface area contributed by atoms with Gasteiger partial charge in [-0.1, -0.05) is 54.6 Å². The molecule has 5 nitrogen and oxygen atoms in total. The molecule has 5 heteroatoms. The van der Waals surface area contributed by atoms with Crippen LogP contribution in [0.1, 0.15) is 11.1 Å². The van der Waals surface area contributed by atoms with Crippen LogP contribution in [0.25, 0.3) is 11.1 Å². The van der Waals surface area contributed by atoms with Crippen LogP contribution in [0, 0.1) is 17.0 Å². The third kappa shape index (κ3) is 5.08. The molecule has 0 saturated heterocycles. The fourth-order valence-corrected chi connectivity index (χ4v) is 3.36. The Kier molecular flexibility index (Phi) is 5.94. The first-order valence-electron chi connectivity index (χ1n) is 10.1. The normalized spacial score (nSPS) is 10.5. The first-order valence-corrected chi connectivity index (χ1v) is 10.1. The Bertz CT molecular complexity index is 1170. The second-order valence-corrected chi connectivity index (χ2v) is 7.37. The van der Waals surface area contributed by atoms with Crippen molar-refractivity contribution in [1.82, 2.24) is 0 Å². The highest BCUT2D eigenvalue weighted by atomic mass is 16.6. The van der Waals surface area contributed by atoms with Crippen LogP contribution in [0.2, 0.25) is 0 Å². The van der Waals surface area contributed by atoms with Crippen LogP contribution in [-0.4, -0.2) is 4.92 Å². The van der Waals surface area contributed by atoms with E-state index >= 15 is 0 Å². The van der Waals surface area contributed by atoms with E-state index in [9.17, 15) is 10.1 Å². The first kappa shape index (κ1) is 20.2. The van der Waals surface area contributed by atoms with Gasteiger partial charge in [0, 0.05) is 35.7 Å². The van der Waals surface area contributed by atoms with E-state index in [0.29, 0.717) is 0 Å². The molecule has 0 bridgehead atoms. The quantitative estimate of drug-likeness (QED) is 0.257. The number of rotatable bonds is 7. The zero-order valence-electron chi connectivity index (χ0n) is 17.2. The number of nitro benzene ring substituents is 1. The molecule has 0 unspecified atom stereocenters. The summed E-state index contributed by atoms with van der Waals surface area (Å²) in [6, 6.07) is 31.4. The van der Waals surface area contributed by atoms with Crippen molar-refractivity contribution in [3.63, 3.8) is 0 Å². The van der Waals surface area contributed by atoms with Crippen LogP contribution in [-0.2, 0) is 6.54 Å². The summed E-state index contributed by atoms with van der Waals surface area (Å²) in [5, 5.41) is 17.5. The van der Waals surface area contributed by atoms with Crippen LogP contribution in [0.5, 0.6) is 0 Å². The van der Waals surface area contributed by atoms with Gasteiger partial charge in [0.05, 0.1) is 4.92 Å². The summed E-state index contributed by atoms with van der Waals surface area (Å²) < 4.78 is 0. The molecule has 0 atom stereocenters. The maximum absolute atomic E-state index is 10.8. The summed E-state index contributed by atoms with van der Waals surface area (Å²) in [6.07, 6.45) is 0. The molecule has 0 aliphatic heterocycles. The van der Waals surface area contributed by atoms with Gasteiger partial charge in [-0.15, -0.1) is 0 Å². The SMILES string of the molecule is Cc1ccccc1NCc1ccc(-c2ccc(Nc3ccc([N+](=O)[O-])cc3)cc2)cc1. The fraction of sp³-hybridized carbons (Fsp3) is 0.0769. The molecule has 4 rings (SSSR count). The third-order valence-corrected chi connectivity index (χ3v) is 5.17. The standard InChI is InChI=1S/C26H23N3O2/c1-19-4-2-3-5-26(19)27-18-20-6-8-21(9-7-20)22-10-12-23(13-11-22)28-24-14-16-25(17-15-24)29(30)31/h2-17,27-28H,18H2,1H3. The summed E-state index contributed by atoms with van der Waals surface area (Å²) in [7, 11) is 0. The predicted octanol–water partition coefficient (Wildman–Crippen LogP) is 6.93. The van der Waals surface area contributed by atoms with Crippen LogP contribution in [0.4, 0.5) is 22.7 Å². The zero-order valence-corrected chi connectivity index (χ0v) is 17.2. The second kappa shape index (κ2) is 9.13. The number of nitrogens with zero attached hydrogens (tertiary/aromatic N) is 1. The van der Waals surface area contributed by atoms with Crippen molar-refractivity contribution in [3.05, 3.63) is 118 Å². The van der Waals surface area contributed by atoms with E-state index in [0.717, 1.165) is 34.7 Å². The number of hydrogen-bond acceptors (Lipinski definition) is 4. The lowest BCUT2D eigenvalue weighted by Crippen LogP contribution is -2.00. The minimum absolute atomic E-state index is 0.0819. The van der Waals surface area contributed by atoms with Gasteiger partial charge >= 0.3 is 0 Å².